The molecule has 1 fully saturated rings. The Labute approximate surface area is 201 Å². The van der Waals surface area contributed by atoms with Crippen LogP contribution in [-0.4, -0.2) is 57.4 Å². The van der Waals surface area contributed by atoms with Gasteiger partial charge in [-0.1, -0.05) is 30.9 Å². The number of benzene rings is 1. The minimum absolute atomic E-state index is 0. The van der Waals surface area contributed by atoms with Crippen molar-refractivity contribution >= 4 is 29.9 Å². The van der Waals surface area contributed by atoms with E-state index in [-0.39, 0.29) is 30.0 Å². The Morgan fingerprint density at radius 3 is 2.68 bits per heavy atom. The number of furan rings is 1. The van der Waals surface area contributed by atoms with Gasteiger partial charge in [0.05, 0.1) is 19.3 Å². The van der Waals surface area contributed by atoms with Gasteiger partial charge in [-0.25, -0.2) is 0 Å². The Morgan fingerprint density at radius 2 is 2.00 bits per heavy atom. The summed E-state index contributed by atoms with van der Waals surface area (Å²) in [5.41, 5.74) is 1.06. The molecule has 1 unspecified atom stereocenters. The van der Waals surface area contributed by atoms with Crippen molar-refractivity contribution in [3.8, 4) is 5.75 Å². The van der Waals surface area contributed by atoms with Gasteiger partial charge < -0.3 is 24.5 Å². The topological polar surface area (TPSA) is 71.3 Å². The molecule has 2 heterocycles. The summed E-state index contributed by atoms with van der Waals surface area (Å²) in [4.78, 5) is 6.76. The molecule has 2 N–H and O–H groups in total. The summed E-state index contributed by atoms with van der Waals surface area (Å²) >= 11 is 0. The summed E-state index contributed by atoms with van der Waals surface area (Å²) in [7, 11) is 1.77. The van der Waals surface area contributed by atoms with Crippen molar-refractivity contribution in [3.05, 3.63) is 66.1 Å². The van der Waals surface area contributed by atoms with Crippen LogP contribution in [0.3, 0.4) is 0 Å². The van der Waals surface area contributed by atoms with Crippen LogP contribution in [0.25, 0.3) is 0 Å². The highest BCUT2D eigenvalue weighted by Crippen LogP contribution is 2.23. The largest absolute Gasteiger partial charge is 0.489 e. The predicted molar refractivity (Wildman–Crippen MR) is 134 cm³/mol. The average Bonchev–Trinajstić information content (AvgIpc) is 3.21. The quantitative estimate of drug-likeness (QED) is 0.220. The number of hydrogen-bond donors (Lipinski definition) is 2. The van der Waals surface area contributed by atoms with Gasteiger partial charge >= 0.3 is 0 Å². The molecule has 31 heavy (non-hydrogen) atoms. The standard InChI is InChI=1S/C23H32N4O3.HI/c1-4-13-29-21-8-6-5-7-19(21)16-25-23(24-3)26-17-20(22-10-9-18(2)30-22)27-11-14-28-15-12-27;/h4-10,20H,1,11-17H2,2-3H3,(H2,24,25,26);1H. The van der Waals surface area contributed by atoms with Crippen molar-refractivity contribution in [1.29, 1.82) is 0 Å². The van der Waals surface area contributed by atoms with Gasteiger partial charge in [0.1, 0.15) is 23.9 Å². The first-order valence-corrected chi connectivity index (χ1v) is 10.4. The number of nitrogens with zero attached hydrogens (tertiary/aromatic N) is 2. The zero-order valence-corrected chi connectivity index (χ0v) is 20.6. The molecule has 1 aliphatic rings. The Morgan fingerprint density at radius 1 is 1.23 bits per heavy atom. The van der Waals surface area contributed by atoms with Gasteiger partial charge in [0.15, 0.2) is 5.96 Å². The number of aryl methyl sites for hydroxylation is 1. The van der Waals surface area contributed by atoms with Gasteiger partial charge in [0, 0.05) is 38.8 Å². The maximum atomic E-state index is 5.94. The summed E-state index contributed by atoms with van der Waals surface area (Å²) in [5, 5.41) is 6.82. The lowest BCUT2D eigenvalue weighted by molar-refractivity contribution is 0.0124. The van der Waals surface area contributed by atoms with E-state index in [1.165, 1.54) is 0 Å². The Hall–Kier alpha value is -2.04. The molecular formula is C23H33IN4O3. The Bertz CT molecular complexity index is 834. The summed E-state index contributed by atoms with van der Waals surface area (Å²) in [6.07, 6.45) is 1.74. The Kier molecular flexibility index (Phi) is 10.9. The molecule has 7 nitrogen and oxygen atoms in total. The second-order valence-corrected chi connectivity index (χ2v) is 7.13. The van der Waals surface area contributed by atoms with Crippen LogP contribution < -0.4 is 15.4 Å². The Balaban J connectivity index is 0.00000341. The van der Waals surface area contributed by atoms with Gasteiger partial charge in [-0.15, -0.1) is 24.0 Å². The van der Waals surface area contributed by atoms with E-state index in [4.69, 9.17) is 13.9 Å². The van der Waals surface area contributed by atoms with Crippen LogP contribution in [0.1, 0.15) is 23.1 Å². The second kappa shape index (κ2) is 13.4. The third-order valence-electron chi connectivity index (χ3n) is 5.04. The zero-order valence-electron chi connectivity index (χ0n) is 18.3. The van der Waals surface area contributed by atoms with E-state index in [1.807, 2.05) is 37.3 Å². The molecule has 0 spiro atoms. The molecule has 1 atom stereocenters. The molecule has 0 saturated carbocycles. The average molecular weight is 540 g/mol. The van der Waals surface area contributed by atoms with Crippen LogP contribution in [0, 0.1) is 6.92 Å². The van der Waals surface area contributed by atoms with Crippen molar-refractivity contribution in [2.75, 3.05) is 46.5 Å². The van der Waals surface area contributed by atoms with E-state index in [2.05, 4.69) is 33.2 Å². The van der Waals surface area contributed by atoms with Gasteiger partial charge in [0.25, 0.3) is 0 Å². The molecular weight excluding hydrogens is 507 g/mol. The predicted octanol–water partition coefficient (Wildman–Crippen LogP) is 3.51. The summed E-state index contributed by atoms with van der Waals surface area (Å²) < 4.78 is 17.2. The molecule has 8 heteroatoms. The number of guanidine groups is 1. The van der Waals surface area contributed by atoms with Crippen LogP contribution in [0.2, 0.25) is 0 Å². The molecule has 2 aromatic rings. The molecule has 0 amide bonds. The number of morpholine rings is 1. The number of ether oxygens (including phenoxy) is 2. The molecule has 0 aliphatic carbocycles. The van der Waals surface area contributed by atoms with E-state index in [1.54, 1.807) is 13.1 Å². The van der Waals surface area contributed by atoms with E-state index < -0.39 is 0 Å². The molecule has 1 aromatic carbocycles. The van der Waals surface area contributed by atoms with Crippen molar-refractivity contribution in [2.45, 2.75) is 19.5 Å². The minimum Gasteiger partial charge on any atom is -0.489 e. The molecule has 1 aromatic heterocycles. The fraction of sp³-hybridized carbons (Fsp3) is 0.435. The monoisotopic (exact) mass is 540 g/mol. The number of halogens is 1. The van der Waals surface area contributed by atoms with Crippen molar-refractivity contribution in [2.24, 2.45) is 4.99 Å². The summed E-state index contributed by atoms with van der Waals surface area (Å²) in [6.45, 7) is 10.7. The highest BCUT2D eigenvalue weighted by atomic mass is 127. The highest BCUT2D eigenvalue weighted by molar-refractivity contribution is 14.0. The normalized spacial score (nSPS) is 15.6. The number of nitrogens with one attached hydrogen (secondary N) is 2. The number of hydrogen-bond acceptors (Lipinski definition) is 5. The van der Waals surface area contributed by atoms with Crippen molar-refractivity contribution in [1.82, 2.24) is 15.5 Å². The first-order valence-electron chi connectivity index (χ1n) is 10.4. The van der Waals surface area contributed by atoms with Gasteiger partial charge in [-0.3, -0.25) is 9.89 Å². The maximum Gasteiger partial charge on any atom is 0.191 e. The van der Waals surface area contributed by atoms with Crippen LogP contribution in [0.4, 0.5) is 0 Å². The molecule has 1 aliphatic heterocycles. The van der Waals surface area contributed by atoms with Crippen LogP contribution >= 0.6 is 24.0 Å². The number of aliphatic imine (C=N–C) groups is 1. The fourth-order valence-corrected chi connectivity index (χ4v) is 3.46. The van der Waals surface area contributed by atoms with E-state index in [9.17, 15) is 0 Å². The van der Waals surface area contributed by atoms with E-state index in [0.29, 0.717) is 19.7 Å². The number of rotatable bonds is 9. The fourth-order valence-electron chi connectivity index (χ4n) is 3.46. The first-order chi connectivity index (χ1) is 14.7. The third kappa shape index (κ3) is 7.55. The van der Waals surface area contributed by atoms with Crippen LogP contribution in [0.5, 0.6) is 5.75 Å². The SMILES string of the molecule is C=CCOc1ccccc1CNC(=NC)NCC(c1ccc(C)o1)N1CCOCC1.I. The van der Waals surface area contributed by atoms with Crippen molar-refractivity contribution in [3.63, 3.8) is 0 Å². The second-order valence-electron chi connectivity index (χ2n) is 7.13. The maximum absolute atomic E-state index is 5.94. The zero-order chi connectivity index (χ0) is 21.2. The molecule has 170 valence electrons. The van der Waals surface area contributed by atoms with Gasteiger partial charge in [-0.05, 0) is 25.1 Å². The third-order valence-corrected chi connectivity index (χ3v) is 5.04. The van der Waals surface area contributed by atoms with Crippen LogP contribution in [-0.2, 0) is 11.3 Å². The van der Waals surface area contributed by atoms with E-state index in [0.717, 1.165) is 55.1 Å². The van der Waals surface area contributed by atoms with Gasteiger partial charge in [-0.2, -0.15) is 0 Å². The van der Waals surface area contributed by atoms with E-state index >= 15 is 0 Å². The lowest BCUT2D eigenvalue weighted by atomic mass is 10.1. The molecule has 1 saturated heterocycles. The van der Waals surface area contributed by atoms with Gasteiger partial charge in [0.2, 0.25) is 0 Å². The summed E-state index contributed by atoms with van der Waals surface area (Å²) in [6, 6.07) is 12.2. The highest BCUT2D eigenvalue weighted by Gasteiger charge is 2.25. The van der Waals surface area contributed by atoms with Crippen molar-refractivity contribution < 1.29 is 13.9 Å². The minimum atomic E-state index is 0. The lowest BCUT2D eigenvalue weighted by Gasteiger charge is -2.33. The molecule has 3 rings (SSSR count). The van der Waals surface area contributed by atoms with Crippen LogP contribution in [0.15, 0.2) is 58.5 Å². The first kappa shape index (κ1) is 25.2. The molecule has 0 radical (unpaired) electrons. The molecule has 0 bridgehead atoms. The summed E-state index contributed by atoms with van der Waals surface area (Å²) in [5.74, 6) is 3.45. The smallest absolute Gasteiger partial charge is 0.191 e. The lowest BCUT2D eigenvalue weighted by Crippen LogP contribution is -2.46. The number of para-hydroxylation sites is 1.